The van der Waals surface area contributed by atoms with E-state index in [2.05, 4.69) is 4.74 Å². The summed E-state index contributed by atoms with van der Waals surface area (Å²) in [6.45, 7) is -1.46. The first-order valence-corrected chi connectivity index (χ1v) is 6.42. The maximum Gasteiger partial charge on any atom is 0.422 e. The van der Waals surface area contributed by atoms with E-state index < -0.39 is 30.3 Å². The van der Waals surface area contributed by atoms with Crippen LogP contribution in [0.3, 0.4) is 0 Å². The van der Waals surface area contributed by atoms with Gasteiger partial charge in [0.05, 0.1) is 0 Å². The lowest BCUT2D eigenvalue weighted by molar-refractivity contribution is -0.153. The number of rotatable bonds is 4. The second-order valence-electron chi connectivity index (χ2n) is 4.65. The summed E-state index contributed by atoms with van der Waals surface area (Å²) in [6, 6.07) is 7.43. The smallest absolute Gasteiger partial charge is 0.422 e. The molecule has 0 bridgehead atoms. The Kier molecular flexibility index (Phi) is 4.81. The summed E-state index contributed by atoms with van der Waals surface area (Å²) in [7, 11) is 0. The summed E-state index contributed by atoms with van der Waals surface area (Å²) in [5.74, 6) is -1.11. The third kappa shape index (κ3) is 4.97. The Hall–Kier alpha value is -2.58. The molecule has 0 spiro atoms. The standard InChI is InChI=1S/C15H10F6O3/c16-14(17,18)8-23-9-1-3-10(4-2-9)24-11-5-6-13(22)12(7-11)15(19,20)21/h1-7,22H,8H2. The first kappa shape index (κ1) is 17.8. The molecule has 0 heterocycles. The molecule has 0 atom stereocenters. The number of hydrogen-bond donors (Lipinski definition) is 1. The van der Waals surface area contributed by atoms with Crippen molar-refractivity contribution >= 4 is 0 Å². The lowest BCUT2D eigenvalue weighted by Crippen LogP contribution is -2.19. The van der Waals surface area contributed by atoms with E-state index in [1.54, 1.807) is 0 Å². The van der Waals surface area contributed by atoms with Gasteiger partial charge in [-0.15, -0.1) is 0 Å². The van der Waals surface area contributed by atoms with Crippen LogP contribution >= 0.6 is 0 Å². The molecule has 3 nitrogen and oxygen atoms in total. The molecule has 2 aromatic carbocycles. The monoisotopic (exact) mass is 352 g/mol. The van der Waals surface area contributed by atoms with Crippen LogP contribution in [0.1, 0.15) is 5.56 Å². The number of alkyl halides is 6. The van der Waals surface area contributed by atoms with E-state index >= 15 is 0 Å². The first-order valence-electron chi connectivity index (χ1n) is 6.42. The highest BCUT2D eigenvalue weighted by atomic mass is 19.4. The van der Waals surface area contributed by atoms with Crippen molar-refractivity contribution in [1.29, 1.82) is 0 Å². The topological polar surface area (TPSA) is 38.7 Å². The van der Waals surface area contributed by atoms with Crippen molar-refractivity contribution in [3.8, 4) is 23.0 Å². The van der Waals surface area contributed by atoms with Gasteiger partial charge < -0.3 is 14.6 Å². The van der Waals surface area contributed by atoms with Crippen LogP contribution in [0.4, 0.5) is 26.3 Å². The Balaban J connectivity index is 2.09. The molecule has 0 unspecified atom stereocenters. The van der Waals surface area contributed by atoms with Gasteiger partial charge in [-0.1, -0.05) is 0 Å². The van der Waals surface area contributed by atoms with Gasteiger partial charge in [0.2, 0.25) is 0 Å². The third-order valence-corrected chi connectivity index (χ3v) is 2.74. The van der Waals surface area contributed by atoms with Crippen molar-refractivity contribution in [2.45, 2.75) is 12.4 Å². The summed E-state index contributed by atoms with van der Waals surface area (Å²) >= 11 is 0. The van der Waals surface area contributed by atoms with Gasteiger partial charge in [0, 0.05) is 0 Å². The van der Waals surface area contributed by atoms with Crippen LogP contribution in [0.15, 0.2) is 42.5 Å². The highest BCUT2D eigenvalue weighted by Crippen LogP contribution is 2.38. The van der Waals surface area contributed by atoms with E-state index in [1.807, 2.05) is 0 Å². The molecule has 0 fully saturated rings. The Morgan fingerprint density at radius 1 is 0.792 bits per heavy atom. The van der Waals surface area contributed by atoms with Gasteiger partial charge in [0.15, 0.2) is 6.61 Å². The molecule has 0 aliphatic heterocycles. The second kappa shape index (κ2) is 6.50. The molecule has 0 saturated carbocycles. The van der Waals surface area contributed by atoms with Crippen LogP contribution in [-0.2, 0) is 6.18 Å². The van der Waals surface area contributed by atoms with Gasteiger partial charge >= 0.3 is 12.4 Å². The molecule has 2 aromatic rings. The lowest BCUT2D eigenvalue weighted by Gasteiger charge is -2.12. The zero-order valence-electron chi connectivity index (χ0n) is 11.8. The Labute approximate surface area is 132 Å². The molecule has 2 rings (SSSR count). The van der Waals surface area contributed by atoms with Crippen LogP contribution in [0.5, 0.6) is 23.0 Å². The Bertz CT molecular complexity index is 692. The number of benzene rings is 2. The van der Waals surface area contributed by atoms with Gasteiger partial charge in [0.25, 0.3) is 0 Å². The van der Waals surface area contributed by atoms with E-state index in [9.17, 15) is 31.4 Å². The van der Waals surface area contributed by atoms with Gasteiger partial charge in [-0.05, 0) is 42.5 Å². The molecular weight excluding hydrogens is 342 g/mol. The summed E-state index contributed by atoms with van der Waals surface area (Å²) in [5.41, 5.74) is -1.26. The third-order valence-electron chi connectivity index (χ3n) is 2.74. The van der Waals surface area contributed by atoms with Crippen LogP contribution < -0.4 is 9.47 Å². The van der Waals surface area contributed by atoms with Crippen LogP contribution in [0.25, 0.3) is 0 Å². The van der Waals surface area contributed by atoms with Gasteiger partial charge in [-0.2, -0.15) is 26.3 Å². The van der Waals surface area contributed by atoms with Crippen LogP contribution in [0, 0.1) is 0 Å². The van der Waals surface area contributed by atoms with E-state index in [1.165, 1.54) is 24.3 Å². The predicted molar refractivity (Wildman–Crippen MR) is 71.2 cm³/mol. The van der Waals surface area contributed by atoms with Crippen molar-refractivity contribution in [2.75, 3.05) is 6.61 Å². The largest absolute Gasteiger partial charge is 0.507 e. The second-order valence-corrected chi connectivity index (χ2v) is 4.65. The number of phenolic OH excluding ortho intramolecular Hbond substituents is 1. The van der Waals surface area contributed by atoms with E-state index in [4.69, 9.17) is 4.74 Å². The Morgan fingerprint density at radius 2 is 1.33 bits per heavy atom. The molecule has 9 heteroatoms. The molecule has 24 heavy (non-hydrogen) atoms. The van der Waals surface area contributed by atoms with Crippen LogP contribution in [-0.4, -0.2) is 17.9 Å². The molecule has 0 aliphatic rings. The zero-order valence-corrected chi connectivity index (χ0v) is 11.8. The van der Waals surface area contributed by atoms with Crippen molar-refractivity contribution in [2.24, 2.45) is 0 Å². The minimum Gasteiger partial charge on any atom is -0.507 e. The first-order chi connectivity index (χ1) is 11.0. The number of ether oxygens (including phenoxy) is 2. The molecule has 0 amide bonds. The maximum atomic E-state index is 12.7. The van der Waals surface area contributed by atoms with Crippen molar-refractivity contribution in [1.82, 2.24) is 0 Å². The number of hydrogen-bond acceptors (Lipinski definition) is 3. The fraction of sp³-hybridized carbons (Fsp3) is 0.200. The molecule has 0 aliphatic carbocycles. The molecule has 0 saturated heterocycles. The molecule has 1 N–H and O–H groups in total. The summed E-state index contributed by atoms with van der Waals surface area (Å²) in [4.78, 5) is 0. The minimum atomic E-state index is -4.75. The fourth-order valence-corrected chi connectivity index (χ4v) is 1.71. The van der Waals surface area contributed by atoms with E-state index in [0.29, 0.717) is 6.07 Å². The molecule has 0 aromatic heterocycles. The SMILES string of the molecule is Oc1ccc(Oc2ccc(OCC(F)(F)F)cc2)cc1C(F)(F)F. The van der Waals surface area contributed by atoms with Gasteiger partial charge in [0.1, 0.15) is 28.6 Å². The maximum absolute atomic E-state index is 12.7. The predicted octanol–water partition coefficient (Wildman–Crippen LogP) is 5.14. The van der Waals surface area contributed by atoms with E-state index in [0.717, 1.165) is 12.1 Å². The van der Waals surface area contributed by atoms with Crippen molar-refractivity contribution < 1.29 is 40.9 Å². The Morgan fingerprint density at radius 3 is 1.88 bits per heavy atom. The summed E-state index contributed by atoms with van der Waals surface area (Å²) < 4.78 is 83.7. The van der Waals surface area contributed by atoms with E-state index in [-0.39, 0.29) is 17.2 Å². The highest BCUT2D eigenvalue weighted by Gasteiger charge is 2.34. The number of halogens is 6. The van der Waals surface area contributed by atoms with Gasteiger partial charge in [-0.3, -0.25) is 0 Å². The van der Waals surface area contributed by atoms with Crippen molar-refractivity contribution in [3.05, 3.63) is 48.0 Å². The summed E-state index contributed by atoms with van der Waals surface area (Å²) in [5, 5.41) is 9.21. The minimum absolute atomic E-state index is 0.0682. The normalized spacial score (nSPS) is 12.1. The average Bonchev–Trinajstić information content (AvgIpc) is 2.46. The highest BCUT2D eigenvalue weighted by molar-refractivity contribution is 5.43. The number of phenols is 1. The van der Waals surface area contributed by atoms with Gasteiger partial charge in [-0.25, -0.2) is 0 Å². The average molecular weight is 352 g/mol. The van der Waals surface area contributed by atoms with Crippen molar-refractivity contribution in [3.63, 3.8) is 0 Å². The quantitative estimate of drug-likeness (QED) is 0.774. The molecular formula is C15H10F6O3. The number of aromatic hydroxyl groups is 1. The molecule has 0 radical (unpaired) electrons. The zero-order chi connectivity index (χ0) is 18.0. The fourth-order valence-electron chi connectivity index (χ4n) is 1.71. The van der Waals surface area contributed by atoms with Crippen LogP contribution in [0.2, 0.25) is 0 Å². The summed E-state index contributed by atoms with van der Waals surface area (Å²) in [6.07, 6.45) is -9.23. The lowest BCUT2D eigenvalue weighted by atomic mass is 10.2. The molecule has 130 valence electrons.